The minimum atomic E-state index is 0.580. The second-order valence-corrected chi connectivity index (χ2v) is 6.12. The van der Waals surface area contributed by atoms with Gasteiger partial charge in [0.2, 0.25) is 0 Å². The van der Waals surface area contributed by atoms with E-state index in [9.17, 15) is 0 Å². The van der Waals surface area contributed by atoms with Crippen LogP contribution in [0.4, 0.5) is 5.82 Å². The number of rotatable bonds is 3. The van der Waals surface area contributed by atoms with E-state index in [2.05, 4.69) is 45.1 Å². The molecule has 0 saturated carbocycles. The van der Waals surface area contributed by atoms with Crippen molar-refractivity contribution < 1.29 is 0 Å². The highest BCUT2D eigenvalue weighted by atomic mass is 32.1. The number of hydrogen-bond acceptors (Lipinski definition) is 5. The van der Waals surface area contributed by atoms with Crippen molar-refractivity contribution in [2.24, 2.45) is 0 Å². The lowest BCUT2D eigenvalue weighted by molar-refractivity contribution is 0.233. The van der Waals surface area contributed by atoms with Gasteiger partial charge in [0.15, 0.2) is 10.8 Å². The van der Waals surface area contributed by atoms with Crippen LogP contribution in [0.2, 0.25) is 0 Å². The first-order valence-electron chi connectivity index (χ1n) is 6.75. The summed E-state index contributed by atoms with van der Waals surface area (Å²) in [6, 6.07) is 0.580. The van der Waals surface area contributed by atoms with Crippen LogP contribution < -0.4 is 10.2 Å². The molecule has 0 bridgehead atoms. The summed E-state index contributed by atoms with van der Waals surface area (Å²) in [5, 5.41) is 5.35. The van der Waals surface area contributed by atoms with E-state index in [1.54, 1.807) is 11.3 Å². The number of piperazine rings is 1. The molecule has 0 aromatic carbocycles. The van der Waals surface area contributed by atoms with E-state index in [-0.39, 0.29) is 0 Å². The Bertz CT molecular complexity index is 560. The van der Waals surface area contributed by atoms with Crippen LogP contribution in [0.1, 0.15) is 12.6 Å². The second kappa shape index (κ2) is 5.11. The highest BCUT2D eigenvalue weighted by Gasteiger charge is 2.25. The van der Waals surface area contributed by atoms with E-state index < -0.39 is 0 Å². The first-order chi connectivity index (χ1) is 9.20. The Kier molecular flexibility index (Phi) is 3.47. The predicted molar refractivity (Wildman–Crippen MR) is 80.1 cm³/mol. The van der Waals surface area contributed by atoms with Crippen molar-refractivity contribution in [1.82, 2.24) is 19.6 Å². The summed E-state index contributed by atoms with van der Waals surface area (Å²) in [7, 11) is 4.18. The third kappa shape index (κ3) is 2.24. The quantitative estimate of drug-likeness (QED) is 0.917. The van der Waals surface area contributed by atoms with Gasteiger partial charge in [-0.2, -0.15) is 0 Å². The summed E-state index contributed by atoms with van der Waals surface area (Å²) in [6.45, 7) is 6.35. The first kappa shape index (κ1) is 12.9. The zero-order valence-corrected chi connectivity index (χ0v) is 12.6. The third-order valence-electron chi connectivity index (χ3n) is 3.94. The van der Waals surface area contributed by atoms with Crippen LogP contribution in [0.5, 0.6) is 0 Å². The molecule has 0 spiro atoms. The molecule has 2 aromatic rings. The summed E-state index contributed by atoms with van der Waals surface area (Å²) < 4.78 is 2.21. The molecular weight excluding hydrogens is 258 g/mol. The summed E-state index contributed by atoms with van der Waals surface area (Å²) >= 11 is 1.70. The highest BCUT2D eigenvalue weighted by molar-refractivity contribution is 7.15. The van der Waals surface area contributed by atoms with E-state index in [0.29, 0.717) is 6.04 Å². The van der Waals surface area contributed by atoms with Crippen LogP contribution in [0.3, 0.4) is 0 Å². The number of imidazole rings is 1. The molecule has 1 N–H and O–H groups in total. The zero-order chi connectivity index (χ0) is 13.4. The molecule has 1 unspecified atom stereocenters. The van der Waals surface area contributed by atoms with Gasteiger partial charge < -0.3 is 15.1 Å². The van der Waals surface area contributed by atoms with E-state index >= 15 is 0 Å². The fraction of sp³-hybridized carbons (Fsp3) is 0.615. The molecule has 3 rings (SSSR count). The smallest absolute Gasteiger partial charge is 0.195 e. The van der Waals surface area contributed by atoms with Gasteiger partial charge in [-0.25, -0.2) is 4.98 Å². The third-order valence-corrected chi connectivity index (χ3v) is 4.70. The van der Waals surface area contributed by atoms with Crippen molar-refractivity contribution in [3.63, 3.8) is 0 Å². The summed E-state index contributed by atoms with van der Waals surface area (Å²) in [5.41, 5.74) is 1.27. The van der Waals surface area contributed by atoms with Gasteiger partial charge in [0, 0.05) is 43.8 Å². The van der Waals surface area contributed by atoms with E-state index in [1.165, 1.54) is 5.69 Å². The Morgan fingerprint density at radius 1 is 1.47 bits per heavy atom. The van der Waals surface area contributed by atoms with Crippen LogP contribution in [0.25, 0.3) is 4.96 Å². The number of fused-ring (bicyclic) bond motifs is 1. The monoisotopic (exact) mass is 279 g/mol. The molecule has 0 radical (unpaired) electrons. The molecule has 1 aliphatic heterocycles. The normalized spacial score (nSPS) is 21.4. The van der Waals surface area contributed by atoms with Gasteiger partial charge in [-0.3, -0.25) is 4.40 Å². The van der Waals surface area contributed by atoms with Gasteiger partial charge >= 0.3 is 0 Å². The maximum atomic E-state index is 4.82. The maximum Gasteiger partial charge on any atom is 0.195 e. The SMILES string of the molecule is CNCc1c(N2CCN(C)C(C)C2)nc2sccn12. The Morgan fingerprint density at radius 2 is 2.32 bits per heavy atom. The Hall–Kier alpha value is -1.11. The van der Waals surface area contributed by atoms with Crippen LogP contribution in [0.15, 0.2) is 11.6 Å². The van der Waals surface area contributed by atoms with Crippen molar-refractivity contribution in [3.8, 4) is 0 Å². The highest BCUT2D eigenvalue weighted by Crippen LogP contribution is 2.26. The number of likely N-dealkylation sites (N-methyl/N-ethyl adjacent to an activating group) is 1. The largest absolute Gasteiger partial charge is 0.352 e. The molecule has 1 saturated heterocycles. The maximum absolute atomic E-state index is 4.82. The van der Waals surface area contributed by atoms with Crippen molar-refractivity contribution in [3.05, 3.63) is 17.3 Å². The molecule has 1 atom stereocenters. The van der Waals surface area contributed by atoms with Gasteiger partial charge in [0.05, 0.1) is 5.69 Å². The van der Waals surface area contributed by atoms with E-state index in [1.807, 2.05) is 7.05 Å². The van der Waals surface area contributed by atoms with Gasteiger partial charge in [-0.05, 0) is 21.0 Å². The van der Waals surface area contributed by atoms with Gasteiger partial charge in [-0.15, -0.1) is 11.3 Å². The fourth-order valence-corrected chi connectivity index (χ4v) is 3.37. The molecule has 0 amide bonds. The van der Waals surface area contributed by atoms with Crippen LogP contribution >= 0.6 is 11.3 Å². The predicted octanol–water partition coefficient (Wildman–Crippen LogP) is 1.26. The molecule has 6 heteroatoms. The minimum Gasteiger partial charge on any atom is -0.352 e. The molecule has 104 valence electrons. The van der Waals surface area contributed by atoms with Gasteiger partial charge in [0.25, 0.3) is 0 Å². The van der Waals surface area contributed by atoms with Crippen molar-refractivity contribution in [1.29, 1.82) is 0 Å². The molecule has 3 heterocycles. The standard InChI is InChI=1S/C13H21N5S/c1-10-9-17(5-4-16(10)3)12-11(8-14-2)18-6-7-19-13(18)15-12/h6-7,10,14H,4-5,8-9H2,1-3H3. The van der Waals surface area contributed by atoms with Crippen LogP contribution in [-0.2, 0) is 6.54 Å². The number of aromatic nitrogens is 2. The molecule has 5 nitrogen and oxygen atoms in total. The lowest BCUT2D eigenvalue weighted by Gasteiger charge is -2.38. The molecule has 1 fully saturated rings. The van der Waals surface area contributed by atoms with Crippen molar-refractivity contribution in [2.45, 2.75) is 19.5 Å². The fourth-order valence-electron chi connectivity index (χ4n) is 2.65. The minimum absolute atomic E-state index is 0.580. The first-order valence-corrected chi connectivity index (χ1v) is 7.63. The molecule has 0 aliphatic carbocycles. The second-order valence-electron chi connectivity index (χ2n) is 5.24. The van der Waals surface area contributed by atoms with E-state index in [0.717, 1.165) is 37.0 Å². The average molecular weight is 279 g/mol. The van der Waals surface area contributed by atoms with Crippen molar-refractivity contribution in [2.75, 3.05) is 38.6 Å². The Labute approximate surface area is 117 Å². The summed E-state index contributed by atoms with van der Waals surface area (Å²) in [5.74, 6) is 1.15. The van der Waals surface area contributed by atoms with E-state index in [4.69, 9.17) is 4.98 Å². The molecular formula is C13H21N5S. The lowest BCUT2D eigenvalue weighted by atomic mass is 10.2. The van der Waals surface area contributed by atoms with Crippen LogP contribution in [0, 0.1) is 0 Å². The topological polar surface area (TPSA) is 35.8 Å². The van der Waals surface area contributed by atoms with Crippen LogP contribution in [-0.4, -0.2) is 54.1 Å². The van der Waals surface area contributed by atoms with Gasteiger partial charge in [-0.1, -0.05) is 0 Å². The molecule has 2 aromatic heterocycles. The zero-order valence-electron chi connectivity index (χ0n) is 11.8. The summed E-state index contributed by atoms with van der Waals surface area (Å²) in [4.78, 5) is 10.8. The summed E-state index contributed by atoms with van der Waals surface area (Å²) in [6.07, 6.45) is 2.11. The van der Waals surface area contributed by atoms with Crippen molar-refractivity contribution >= 4 is 22.1 Å². The molecule has 1 aliphatic rings. The number of nitrogens with one attached hydrogen (secondary N) is 1. The Morgan fingerprint density at radius 3 is 3.05 bits per heavy atom. The number of hydrogen-bond donors (Lipinski definition) is 1. The van der Waals surface area contributed by atoms with Gasteiger partial charge in [0.1, 0.15) is 0 Å². The average Bonchev–Trinajstić information content (AvgIpc) is 2.96. The Balaban J connectivity index is 1.95. The lowest BCUT2D eigenvalue weighted by Crippen LogP contribution is -2.50. The number of thiazole rings is 1. The number of nitrogens with zero attached hydrogens (tertiary/aromatic N) is 4. The molecule has 19 heavy (non-hydrogen) atoms. The number of anilines is 1.